The fourth-order valence-corrected chi connectivity index (χ4v) is 5.31. The van der Waals surface area contributed by atoms with Gasteiger partial charge in [0, 0.05) is 10.8 Å². The highest BCUT2D eigenvalue weighted by Crippen LogP contribution is 2.48. The van der Waals surface area contributed by atoms with Crippen molar-refractivity contribution < 1.29 is 14.5 Å². The largest absolute Gasteiger partial charge is 0.478 e. The predicted octanol–water partition coefficient (Wildman–Crippen LogP) is 4.39. The number of fused-ring (bicyclic) bond motifs is 1. The van der Waals surface area contributed by atoms with Gasteiger partial charge in [-0.3, -0.25) is 0 Å². The number of thiazole rings is 1. The second kappa shape index (κ2) is 5.84. The molecule has 1 aromatic carbocycles. The molecule has 1 aliphatic rings. The van der Waals surface area contributed by atoms with Crippen LogP contribution < -0.4 is 9.47 Å². The topological polar surface area (TPSA) is 44.4 Å². The van der Waals surface area contributed by atoms with Crippen LogP contribution in [-0.4, -0.2) is 18.1 Å². The van der Waals surface area contributed by atoms with E-state index >= 15 is 0 Å². The molecule has 0 bridgehead atoms. The number of anilines is 2. The highest BCUT2D eigenvalue weighted by atomic mass is 32.1. The van der Waals surface area contributed by atoms with Crippen LogP contribution in [0.15, 0.2) is 24.3 Å². The molecule has 1 heterocycles. The Morgan fingerprint density at radius 1 is 1.12 bits per heavy atom. The molecular weight excluding hydrogens is 332 g/mol. The standard InChI is InChI=1S/C20H26N2O2S/c1-19(2)11-12-20(3,4)16-15(19)22(6)18(25-16)21(5)14-9-7-13(8-10-14)17(23)24/h7-10H,11-12H2,1-6H3/p+1. The second-order valence-corrected chi connectivity index (χ2v) is 9.28. The summed E-state index contributed by atoms with van der Waals surface area (Å²) in [6.07, 6.45) is 2.39. The van der Waals surface area contributed by atoms with Crippen molar-refractivity contribution in [2.24, 2.45) is 7.05 Å². The van der Waals surface area contributed by atoms with Gasteiger partial charge >= 0.3 is 11.1 Å². The molecule has 0 unspecified atom stereocenters. The summed E-state index contributed by atoms with van der Waals surface area (Å²) >= 11 is 1.86. The van der Waals surface area contributed by atoms with Crippen molar-refractivity contribution in [2.75, 3.05) is 11.9 Å². The monoisotopic (exact) mass is 359 g/mol. The highest BCUT2D eigenvalue weighted by Gasteiger charge is 2.45. The number of benzene rings is 1. The Morgan fingerprint density at radius 3 is 2.20 bits per heavy atom. The van der Waals surface area contributed by atoms with Crippen LogP contribution in [-0.2, 0) is 17.9 Å². The van der Waals surface area contributed by atoms with Gasteiger partial charge < -0.3 is 5.11 Å². The lowest BCUT2D eigenvalue weighted by Crippen LogP contribution is -2.45. The van der Waals surface area contributed by atoms with Gasteiger partial charge in [0.25, 0.3) is 0 Å². The average Bonchev–Trinajstić information content (AvgIpc) is 2.91. The molecule has 4 nitrogen and oxygen atoms in total. The van der Waals surface area contributed by atoms with E-state index in [0.29, 0.717) is 5.56 Å². The second-order valence-electron chi connectivity index (χ2n) is 8.30. The van der Waals surface area contributed by atoms with E-state index in [1.54, 1.807) is 12.1 Å². The van der Waals surface area contributed by atoms with Gasteiger partial charge in [0.2, 0.25) is 0 Å². The fourth-order valence-electron chi connectivity index (χ4n) is 3.76. The lowest BCUT2D eigenvalue weighted by Gasteiger charge is -2.37. The molecule has 0 radical (unpaired) electrons. The molecule has 3 rings (SSSR count). The molecule has 1 N–H and O–H groups in total. The SMILES string of the molecule is CN(c1ccc(C(=O)O)cc1)c1sc2c([n+]1C)C(C)(C)CCC2(C)C. The first-order chi connectivity index (χ1) is 11.5. The maximum Gasteiger partial charge on any atom is 0.341 e. The van der Waals surface area contributed by atoms with Gasteiger partial charge in [-0.25, -0.2) is 14.3 Å². The molecule has 0 saturated carbocycles. The molecule has 0 saturated heterocycles. The number of carboxylic acid groups (broad SMARTS) is 1. The molecule has 1 aromatic heterocycles. The van der Waals surface area contributed by atoms with Gasteiger partial charge in [-0.05, 0) is 37.1 Å². The van der Waals surface area contributed by atoms with Crippen LogP contribution in [0, 0.1) is 0 Å². The van der Waals surface area contributed by atoms with Gasteiger partial charge in [-0.2, -0.15) is 0 Å². The first-order valence-corrected chi connectivity index (χ1v) is 9.47. The van der Waals surface area contributed by atoms with Crippen LogP contribution in [0.2, 0.25) is 0 Å². The lowest BCUT2D eigenvalue weighted by atomic mass is 9.69. The van der Waals surface area contributed by atoms with E-state index in [9.17, 15) is 4.79 Å². The minimum absolute atomic E-state index is 0.169. The zero-order chi connectivity index (χ0) is 18.6. The van der Waals surface area contributed by atoms with E-state index in [4.69, 9.17) is 5.11 Å². The van der Waals surface area contributed by atoms with Crippen LogP contribution in [0.25, 0.3) is 0 Å². The van der Waals surface area contributed by atoms with Gasteiger partial charge in [0.05, 0.1) is 24.5 Å². The normalized spacial score (nSPS) is 17.8. The van der Waals surface area contributed by atoms with E-state index in [1.807, 2.05) is 30.5 Å². The third-order valence-electron chi connectivity index (χ3n) is 5.45. The van der Waals surface area contributed by atoms with Crippen LogP contribution in [0.1, 0.15) is 61.5 Å². The zero-order valence-electron chi connectivity index (χ0n) is 15.9. The van der Waals surface area contributed by atoms with Crippen LogP contribution in [0.4, 0.5) is 10.8 Å². The van der Waals surface area contributed by atoms with Crippen molar-refractivity contribution in [1.82, 2.24) is 0 Å². The Balaban J connectivity index is 2.06. The summed E-state index contributed by atoms with van der Waals surface area (Å²) in [5.74, 6) is -0.894. The van der Waals surface area contributed by atoms with Crippen LogP contribution >= 0.6 is 11.3 Å². The van der Waals surface area contributed by atoms with Crippen molar-refractivity contribution in [3.8, 4) is 0 Å². The number of carbonyl (C=O) groups is 1. The summed E-state index contributed by atoms with van der Waals surface area (Å²) in [7, 11) is 4.20. The Bertz CT molecular complexity index is 819. The maximum atomic E-state index is 11.1. The molecule has 0 aliphatic heterocycles. The van der Waals surface area contributed by atoms with Gasteiger partial charge in [-0.1, -0.05) is 39.0 Å². The molecule has 1 aliphatic carbocycles. The van der Waals surface area contributed by atoms with E-state index in [2.05, 4.69) is 44.2 Å². The summed E-state index contributed by atoms with van der Waals surface area (Å²) in [6.45, 7) is 9.34. The zero-order valence-corrected chi connectivity index (χ0v) is 16.7. The number of rotatable bonds is 3. The minimum atomic E-state index is -0.894. The van der Waals surface area contributed by atoms with E-state index < -0.39 is 5.97 Å². The molecule has 5 heteroatoms. The van der Waals surface area contributed by atoms with Crippen molar-refractivity contribution in [1.29, 1.82) is 0 Å². The summed E-state index contributed by atoms with van der Waals surface area (Å²) in [5, 5.41) is 10.3. The molecule has 0 amide bonds. The number of nitrogens with zero attached hydrogens (tertiary/aromatic N) is 2. The molecule has 0 fully saturated rings. The smallest absolute Gasteiger partial charge is 0.341 e. The lowest BCUT2D eigenvalue weighted by molar-refractivity contribution is -0.666. The fraction of sp³-hybridized carbons (Fsp3) is 0.500. The molecule has 134 valence electrons. The Labute approximate surface area is 153 Å². The Kier molecular flexibility index (Phi) is 4.18. The summed E-state index contributed by atoms with van der Waals surface area (Å²) in [5.41, 5.74) is 3.10. The number of aromatic nitrogens is 1. The third-order valence-corrected chi connectivity index (χ3v) is 7.13. The number of aromatic carboxylic acids is 1. The van der Waals surface area contributed by atoms with Crippen molar-refractivity contribution >= 4 is 28.1 Å². The summed E-state index contributed by atoms with van der Waals surface area (Å²) in [4.78, 5) is 14.7. The Morgan fingerprint density at radius 2 is 1.68 bits per heavy atom. The van der Waals surface area contributed by atoms with Gasteiger partial charge in [0.15, 0.2) is 0 Å². The Hall–Kier alpha value is -1.88. The van der Waals surface area contributed by atoms with E-state index in [0.717, 1.165) is 5.69 Å². The van der Waals surface area contributed by atoms with E-state index in [1.165, 1.54) is 28.5 Å². The number of carboxylic acids is 1. The number of hydrogen-bond acceptors (Lipinski definition) is 3. The maximum absolute atomic E-state index is 11.1. The van der Waals surface area contributed by atoms with Gasteiger partial charge in [0.1, 0.15) is 11.4 Å². The van der Waals surface area contributed by atoms with Gasteiger partial charge in [-0.15, -0.1) is 0 Å². The minimum Gasteiger partial charge on any atom is -0.478 e. The highest BCUT2D eigenvalue weighted by molar-refractivity contribution is 7.15. The summed E-state index contributed by atoms with van der Waals surface area (Å²) < 4.78 is 2.33. The predicted molar refractivity (Wildman–Crippen MR) is 102 cm³/mol. The van der Waals surface area contributed by atoms with Crippen molar-refractivity contribution in [3.63, 3.8) is 0 Å². The summed E-state index contributed by atoms with van der Waals surface area (Å²) in [6, 6.07) is 7.07. The van der Waals surface area contributed by atoms with Crippen molar-refractivity contribution in [3.05, 3.63) is 40.4 Å². The first-order valence-electron chi connectivity index (χ1n) is 8.65. The van der Waals surface area contributed by atoms with Crippen LogP contribution in [0.5, 0.6) is 0 Å². The molecule has 0 spiro atoms. The molecule has 25 heavy (non-hydrogen) atoms. The van der Waals surface area contributed by atoms with E-state index in [-0.39, 0.29) is 10.8 Å². The van der Waals surface area contributed by atoms with Crippen LogP contribution in [0.3, 0.4) is 0 Å². The molecule has 0 atom stereocenters. The molecular formula is C20H27N2O2S+. The quantitative estimate of drug-likeness (QED) is 0.827. The third kappa shape index (κ3) is 2.95. The molecule has 2 aromatic rings. The number of hydrogen-bond donors (Lipinski definition) is 1. The average molecular weight is 360 g/mol. The first kappa shape index (κ1) is 17.9. The van der Waals surface area contributed by atoms with Crippen molar-refractivity contribution in [2.45, 2.75) is 51.4 Å².